The Morgan fingerprint density at radius 1 is 0.941 bits per heavy atom. The van der Waals surface area contributed by atoms with Crippen molar-refractivity contribution in [3.63, 3.8) is 0 Å². The Kier molecular flexibility index (Phi) is 9.81. The zero-order valence-electron chi connectivity index (χ0n) is 19.4. The number of unbranched alkanes of at least 4 members (excludes halogenated alkanes) is 1. The molecule has 0 unspecified atom stereocenters. The number of aromatic nitrogens is 2. The van der Waals surface area contributed by atoms with Gasteiger partial charge in [0, 0.05) is 24.9 Å². The number of aryl methyl sites for hydroxylation is 1. The molecule has 0 bridgehead atoms. The molecule has 1 aromatic heterocycles. The van der Waals surface area contributed by atoms with Crippen molar-refractivity contribution in [2.75, 3.05) is 13.1 Å². The van der Waals surface area contributed by atoms with Gasteiger partial charge in [-0.3, -0.25) is 9.59 Å². The third-order valence-corrected chi connectivity index (χ3v) is 5.67. The number of carbonyl (C=O) groups is 2. The van der Waals surface area contributed by atoms with Gasteiger partial charge in [0.05, 0.1) is 12.4 Å². The second-order valence-electron chi connectivity index (χ2n) is 8.34. The SMILES string of the molecule is NCCCCc1ccc(CCNC(=O)[C@H](NC(=O)[C@@H](N)Cc2cnc[nH]2)c2ccccc2)cc1. The summed E-state index contributed by atoms with van der Waals surface area (Å²) in [6, 6.07) is 16.0. The molecule has 2 aromatic carbocycles. The third kappa shape index (κ3) is 7.83. The largest absolute Gasteiger partial charge is 0.354 e. The van der Waals surface area contributed by atoms with Gasteiger partial charge >= 0.3 is 0 Å². The summed E-state index contributed by atoms with van der Waals surface area (Å²) in [5, 5.41) is 5.76. The van der Waals surface area contributed by atoms with Gasteiger partial charge in [0.25, 0.3) is 0 Å². The molecule has 0 saturated heterocycles. The second kappa shape index (κ2) is 13.3. The predicted octanol–water partition coefficient (Wildman–Crippen LogP) is 1.78. The molecule has 0 saturated carbocycles. The molecule has 8 heteroatoms. The molecule has 7 N–H and O–H groups in total. The number of nitrogens with one attached hydrogen (secondary N) is 3. The van der Waals surface area contributed by atoms with E-state index in [4.69, 9.17) is 11.5 Å². The van der Waals surface area contributed by atoms with Gasteiger partial charge in [-0.2, -0.15) is 0 Å². The van der Waals surface area contributed by atoms with Crippen LogP contribution >= 0.6 is 0 Å². The minimum absolute atomic E-state index is 0.272. The van der Waals surface area contributed by atoms with E-state index in [1.54, 1.807) is 6.20 Å². The van der Waals surface area contributed by atoms with E-state index in [0.717, 1.165) is 37.1 Å². The van der Waals surface area contributed by atoms with Gasteiger partial charge in [-0.25, -0.2) is 4.98 Å². The minimum Gasteiger partial charge on any atom is -0.354 e. The highest BCUT2D eigenvalue weighted by atomic mass is 16.2. The molecule has 3 rings (SSSR count). The fourth-order valence-electron chi connectivity index (χ4n) is 3.70. The van der Waals surface area contributed by atoms with Crippen LogP contribution in [0.5, 0.6) is 0 Å². The number of nitrogens with zero attached hydrogens (tertiary/aromatic N) is 1. The second-order valence-corrected chi connectivity index (χ2v) is 8.34. The Balaban J connectivity index is 1.55. The number of nitrogens with two attached hydrogens (primary N) is 2. The topological polar surface area (TPSA) is 139 Å². The molecule has 8 nitrogen and oxygen atoms in total. The number of benzene rings is 2. The molecule has 34 heavy (non-hydrogen) atoms. The number of hydrogen-bond donors (Lipinski definition) is 5. The van der Waals surface area contributed by atoms with E-state index in [2.05, 4.69) is 44.9 Å². The molecule has 180 valence electrons. The minimum atomic E-state index is -0.827. The summed E-state index contributed by atoms with van der Waals surface area (Å²) in [5.74, 6) is -0.671. The van der Waals surface area contributed by atoms with Crippen LogP contribution < -0.4 is 22.1 Å². The first-order valence-corrected chi connectivity index (χ1v) is 11.7. The molecule has 2 amide bonds. The molecule has 0 aliphatic rings. The Labute approximate surface area is 200 Å². The van der Waals surface area contributed by atoms with Crippen LogP contribution in [0.4, 0.5) is 0 Å². The van der Waals surface area contributed by atoms with Gasteiger partial charge in [-0.05, 0) is 48.9 Å². The molecular weight excluding hydrogens is 428 g/mol. The van der Waals surface area contributed by atoms with Crippen molar-refractivity contribution in [3.05, 3.63) is 89.5 Å². The fourth-order valence-corrected chi connectivity index (χ4v) is 3.70. The molecule has 0 aliphatic heterocycles. The van der Waals surface area contributed by atoms with Gasteiger partial charge < -0.3 is 27.1 Å². The predicted molar refractivity (Wildman–Crippen MR) is 133 cm³/mol. The van der Waals surface area contributed by atoms with E-state index in [1.807, 2.05) is 30.3 Å². The summed E-state index contributed by atoms with van der Waals surface area (Å²) < 4.78 is 0. The highest BCUT2D eigenvalue weighted by Gasteiger charge is 2.25. The molecule has 1 heterocycles. The average molecular weight is 463 g/mol. The number of H-pyrrole nitrogens is 1. The van der Waals surface area contributed by atoms with Gasteiger partial charge in [0.2, 0.25) is 11.8 Å². The summed E-state index contributed by atoms with van der Waals surface area (Å²) >= 11 is 0. The quantitative estimate of drug-likeness (QED) is 0.246. The molecule has 0 spiro atoms. The van der Waals surface area contributed by atoms with Crippen molar-refractivity contribution in [1.29, 1.82) is 0 Å². The van der Waals surface area contributed by atoms with Crippen molar-refractivity contribution in [2.24, 2.45) is 11.5 Å². The maximum absolute atomic E-state index is 13.0. The number of imidazole rings is 1. The molecule has 0 fully saturated rings. The zero-order chi connectivity index (χ0) is 24.2. The number of rotatable bonds is 13. The van der Waals surface area contributed by atoms with Crippen molar-refractivity contribution in [1.82, 2.24) is 20.6 Å². The molecule has 0 aliphatic carbocycles. The Hall–Kier alpha value is -3.49. The number of amides is 2. The third-order valence-electron chi connectivity index (χ3n) is 5.67. The van der Waals surface area contributed by atoms with Gasteiger partial charge in [0.1, 0.15) is 6.04 Å². The molecule has 0 radical (unpaired) electrons. The lowest BCUT2D eigenvalue weighted by molar-refractivity contribution is -0.129. The van der Waals surface area contributed by atoms with Crippen LogP contribution in [-0.2, 0) is 28.9 Å². The first-order chi connectivity index (χ1) is 16.6. The van der Waals surface area contributed by atoms with E-state index in [9.17, 15) is 9.59 Å². The summed E-state index contributed by atoms with van der Waals surface area (Å²) in [4.78, 5) is 32.6. The Morgan fingerprint density at radius 2 is 1.65 bits per heavy atom. The Bertz CT molecular complexity index is 1010. The maximum atomic E-state index is 13.0. The van der Waals surface area contributed by atoms with E-state index in [-0.39, 0.29) is 5.91 Å². The van der Waals surface area contributed by atoms with E-state index >= 15 is 0 Å². The van der Waals surface area contributed by atoms with E-state index in [1.165, 1.54) is 11.9 Å². The smallest absolute Gasteiger partial charge is 0.247 e. The molecular formula is C26H34N6O2. The summed E-state index contributed by atoms with van der Waals surface area (Å²) in [7, 11) is 0. The van der Waals surface area contributed by atoms with Crippen LogP contribution in [0.3, 0.4) is 0 Å². The van der Waals surface area contributed by atoms with Crippen molar-refractivity contribution < 1.29 is 9.59 Å². The van der Waals surface area contributed by atoms with E-state index < -0.39 is 18.0 Å². The number of hydrogen-bond acceptors (Lipinski definition) is 5. The lowest BCUT2D eigenvalue weighted by Crippen LogP contribution is -2.48. The summed E-state index contributed by atoms with van der Waals surface area (Å²) in [6.07, 6.45) is 7.30. The van der Waals surface area contributed by atoms with Crippen molar-refractivity contribution in [3.8, 4) is 0 Å². The average Bonchev–Trinajstić information content (AvgIpc) is 3.37. The van der Waals surface area contributed by atoms with Crippen LogP contribution in [0.15, 0.2) is 67.1 Å². The molecule has 3 aromatic rings. The van der Waals surface area contributed by atoms with Gasteiger partial charge in [-0.1, -0.05) is 54.6 Å². The normalized spacial score (nSPS) is 12.6. The first kappa shape index (κ1) is 25.1. The highest BCUT2D eigenvalue weighted by molar-refractivity contribution is 5.90. The first-order valence-electron chi connectivity index (χ1n) is 11.7. The van der Waals surface area contributed by atoms with E-state index in [0.29, 0.717) is 24.9 Å². The van der Waals surface area contributed by atoms with Gasteiger partial charge in [-0.15, -0.1) is 0 Å². The van der Waals surface area contributed by atoms with Crippen molar-refractivity contribution >= 4 is 11.8 Å². The Morgan fingerprint density at radius 3 is 2.29 bits per heavy atom. The fraction of sp³-hybridized carbons (Fsp3) is 0.346. The lowest BCUT2D eigenvalue weighted by Gasteiger charge is -2.21. The van der Waals surface area contributed by atoms with Crippen molar-refractivity contribution in [2.45, 2.75) is 44.2 Å². The van der Waals surface area contributed by atoms with Crippen LogP contribution in [0, 0.1) is 0 Å². The van der Waals surface area contributed by atoms with Gasteiger partial charge in [0.15, 0.2) is 0 Å². The van der Waals surface area contributed by atoms with Crippen LogP contribution in [0.25, 0.3) is 0 Å². The standard InChI is InChI=1S/C26H34N6O2/c27-14-5-4-6-19-9-11-20(12-10-19)13-15-30-26(34)24(21-7-2-1-3-8-21)32-25(33)23(28)16-22-17-29-18-31-22/h1-3,7-12,17-18,23-24H,4-6,13-16,27-28H2,(H,29,31)(H,30,34)(H,32,33)/t23-,24+/m0/s1. The number of carbonyl (C=O) groups excluding carboxylic acids is 2. The van der Waals surface area contributed by atoms with Crippen LogP contribution in [0.1, 0.15) is 41.3 Å². The maximum Gasteiger partial charge on any atom is 0.247 e. The zero-order valence-corrected chi connectivity index (χ0v) is 19.4. The monoisotopic (exact) mass is 462 g/mol. The summed E-state index contributed by atoms with van der Waals surface area (Å²) in [6.45, 7) is 1.18. The number of aromatic amines is 1. The highest BCUT2D eigenvalue weighted by Crippen LogP contribution is 2.14. The van der Waals surface area contributed by atoms with Crippen LogP contribution in [-0.4, -0.2) is 40.9 Å². The van der Waals surface area contributed by atoms with Crippen LogP contribution in [0.2, 0.25) is 0 Å². The molecule has 2 atom stereocenters. The summed E-state index contributed by atoms with van der Waals surface area (Å²) in [5.41, 5.74) is 15.5. The lowest BCUT2D eigenvalue weighted by atomic mass is 10.0.